The van der Waals surface area contributed by atoms with Crippen molar-refractivity contribution in [2.45, 2.75) is 0 Å². The third-order valence-corrected chi connectivity index (χ3v) is 2.86. The third-order valence-electron chi connectivity index (χ3n) is 2.14. The summed E-state index contributed by atoms with van der Waals surface area (Å²) < 4.78 is 1.01. The first-order chi connectivity index (χ1) is 8.06. The predicted octanol–water partition coefficient (Wildman–Crippen LogP) is 0.488. The van der Waals surface area contributed by atoms with Crippen LogP contribution < -0.4 is 10.7 Å². The number of rotatable bonds is 2. The number of benzene rings is 1. The molecule has 88 valence electrons. The molecule has 0 bridgehead atoms. The summed E-state index contributed by atoms with van der Waals surface area (Å²) >= 11 is 2.13. The van der Waals surface area contributed by atoms with E-state index < -0.39 is 17.8 Å². The van der Waals surface area contributed by atoms with Crippen molar-refractivity contribution in [3.8, 4) is 0 Å². The first kappa shape index (κ1) is 11.8. The van der Waals surface area contributed by atoms with Gasteiger partial charge in [0.15, 0.2) is 0 Å². The van der Waals surface area contributed by atoms with Crippen molar-refractivity contribution in [2.75, 3.05) is 6.54 Å². The molecule has 1 aliphatic rings. The lowest BCUT2D eigenvalue weighted by atomic mass is 10.2. The lowest BCUT2D eigenvalue weighted by Crippen LogP contribution is -2.44. The second-order valence-corrected chi connectivity index (χ2v) is 4.63. The minimum absolute atomic E-state index is 0.158. The van der Waals surface area contributed by atoms with E-state index in [9.17, 15) is 14.4 Å². The number of halogens is 1. The molecule has 1 saturated heterocycles. The summed E-state index contributed by atoms with van der Waals surface area (Å²) in [4.78, 5) is 33.8. The van der Waals surface area contributed by atoms with Gasteiger partial charge in [0.05, 0.1) is 0 Å². The van der Waals surface area contributed by atoms with E-state index in [0.717, 1.165) is 8.58 Å². The third kappa shape index (κ3) is 2.73. The number of nitrogens with zero attached hydrogens (tertiary/aromatic N) is 1. The number of hydrogen-bond acceptors (Lipinski definition) is 3. The van der Waals surface area contributed by atoms with E-state index in [-0.39, 0.29) is 6.54 Å². The van der Waals surface area contributed by atoms with Crippen LogP contribution in [0, 0.1) is 3.57 Å². The maximum atomic E-state index is 11.7. The standard InChI is InChI=1S/C10H8IN3O3/c11-7-3-1-6(2-4-7)9(16)13-14-5-8(15)12-10(14)17/h1-4H,5H2,(H,13,16)(H,12,15,17). The van der Waals surface area contributed by atoms with Crippen LogP contribution in [0.5, 0.6) is 0 Å². The van der Waals surface area contributed by atoms with E-state index in [1.165, 1.54) is 0 Å². The number of carbonyl (C=O) groups excluding carboxylic acids is 3. The highest BCUT2D eigenvalue weighted by molar-refractivity contribution is 14.1. The Morgan fingerprint density at radius 3 is 2.47 bits per heavy atom. The van der Waals surface area contributed by atoms with Crippen molar-refractivity contribution >= 4 is 40.4 Å². The van der Waals surface area contributed by atoms with E-state index in [4.69, 9.17) is 0 Å². The molecule has 0 aliphatic carbocycles. The zero-order valence-corrected chi connectivity index (χ0v) is 10.7. The van der Waals surface area contributed by atoms with Gasteiger partial charge < -0.3 is 0 Å². The summed E-state index contributed by atoms with van der Waals surface area (Å²) in [6.45, 7) is -0.158. The normalized spacial score (nSPS) is 14.8. The summed E-state index contributed by atoms with van der Waals surface area (Å²) in [5, 5.41) is 3.01. The van der Waals surface area contributed by atoms with Crippen LogP contribution in [0.2, 0.25) is 0 Å². The molecule has 0 saturated carbocycles. The van der Waals surface area contributed by atoms with Crippen molar-refractivity contribution in [3.05, 3.63) is 33.4 Å². The van der Waals surface area contributed by atoms with Crippen molar-refractivity contribution in [1.29, 1.82) is 0 Å². The lowest BCUT2D eigenvalue weighted by molar-refractivity contribution is -0.118. The molecular weight excluding hydrogens is 337 g/mol. The Kier molecular flexibility index (Phi) is 3.27. The SMILES string of the molecule is O=C1CN(NC(=O)c2ccc(I)cc2)C(=O)N1. The van der Waals surface area contributed by atoms with Gasteiger partial charge in [0.1, 0.15) is 6.54 Å². The van der Waals surface area contributed by atoms with Gasteiger partial charge in [0.2, 0.25) is 5.91 Å². The van der Waals surface area contributed by atoms with Gasteiger partial charge in [-0.2, -0.15) is 0 Å². The summed E-state index contributed by atoms with van der Waals surface area (Å²) in [5.74, 6) is -0.857. The highest BCUT2D eigenvalue weighted by Gasteiger charge is 2.28. The molecule has 0 unspecified atom stereocenters. The average Bonchev–Trinajstić information content (AvgIpc) is 2.58. The minimum atomic E-state index is -0.617. The van der Waals surface area contributed by atoms with Crippen LogP contribution in [0.15, 0.2) is 24.3 Å². The smallest absolute Gasteiger partial charge is 0.275 e. The van der Waals surface area contributed by atoms with Crippen molar-refractivity contribution in [3.63, 3.8) is 0 Å². The van der Waals surface area contributed by atoms with Gasteiger partial charge in [-0.05, 0) is 46.9 Å². The van der Waals surface area contributed by atoms with Crippen LogP contribution in [0.3, 0.4) is 0 Å². The van der Waals surface area contributed by atoms with Crippen LogP contribution >= 0.6 is 22.6 Å². The number of amides is 4. The zero-order valence-electron chi connectivity index (χ0n) is 8.57. The van der Waals surface area contributed by atoms with Gasteiger partial charge in [0, 0.05) is 9.13 Å². The molecule has 2 rings (SSSR count). The van der Waals surface area contributed by atoms with Gasteiger partial charge in [-0.15, -0.1) is 0 Å². The molecule has 1 fully saturated rings. The van der Waals surface area contributed by atoms with Gasteiger partial charge in [0.25, 0.3) is 5.91 Å². The fraction of sp³-hybridized carbons (Fsp3) is 0.100. The monoisotopic (exact) mass is 345 g/mol. The van der Waals surface area contributed by atoms with E-state index in [1.807, 2.05) is 0 Å². The van der Waals surface area contributed by atoms with Gasteiger partial charge in [-0.25, -0.2) is 9.80 Å². The van der Waals surface area contributed by atoms with E-state index >= 15 is 0 Å². The quantitative estimate of drug-likeness (QED) is 0.605. The Bertz CT molecular complexity index is 486. The molecule has 7 heteroatoms. The van der Waals surface area contributed by atoms with E-state index in [0.29, 0.717) is 5.56 Å². The van der Waals surface area contributed by atoms with Crippen LogP contribution in [0.25, 0.3) is 0 Å². The highest BCUT2D eigenvalue weighted by Crippen LogP contribution is 2.07. The number of hydrazine groups is 1. The van der Waals surface area contributed by atoms with Gasteiger partial charge in [-0.1, -0.05) is 0 Å². The molecule has 6 nitrogen and oxygen atoms in total. The molecule has 0 radical (unpaired) electrons. The largest absolute Gasteiger partial charge is 0.343 e. The zero-order chi connectivity index (χ0) is 12.4. The van der Waals surface area contributed by atoms with Gasteiger partial charge >= 0.3 is 6.03 Å². The first-order valence-corrected chi connectivity index (χ1v) is 5.82. The van der Waals surface area contributed by atoms with Crippen LogP contribution in [-0.2, 0) is 4.79 Å². The molecule has 1 aromatic rings. The lowest BCUT2D eigenvalue weighted by Gasteiger charge is -2.14. The van der Waals surface area contributed by atoms with E-state index in [2.05, 4.69) is 33.3 Å². The second-order valence-electron chi connectivity index (χ2n) is 3.39. The van der Waals surface area contributed by atoms with Crippen LogP contribution in [-0.4, -0.2) is 29.4 Å². The van der Waals surface area contributed by atoms with Gasteiger partial charge in [-0.3, -0.25) is 20.3 Å². The topological polar surface area (TPSA) is 78.5 Å². The maximum Gasteiger partial charge on any atom is 0.343 e. The van der Waals surface area contributed by atoms with Crippen LogP contribution in [0.4, 0.5) is 4.79 Å². The number of nitrogens with one attached hydrogen (secondary N) is 2. The second kappa shape index (κ2) is 4.70. The average molecular weight is 345 g/mol. The molecule has 2 N–H and O–H groups in total. The molecule has 1 heterocycles. The number of carbonyl (C=O) groups is 3. The fourth-order valence-corrected chi connectivity index (χ4v) is 1.68. The number of urea groups is 1. The minimum Gasteiger partial charge on any atom is -0.275 e. The Morgan fingerprint density at radius 1 is 1.29 bits per heavy atom. The molecule has 0 atom stereocenters. The summed E-state index contributed by atoms with van der Waals surface area (Å²) in [6, 6.07) is 6.24. The molecule has 0 aromatic heterocycles. The molecular formula is C10H8IN3O3. The fourth-order valence-electron chi connectivity index (χ4n) is 1.32. The Morgan fingerprint density at radius 2 is 1.94 bits per heavy atom. The molecule has 17 heavy (non-hydrogen) atoms. The summed E-state index contributed by atoms with van der Waals surface area (Å²) in [7, 11) is 0. The molecule has 1 aromatic carbocycles. The first-order valence-electron chi connectivity index (χ1n) is 4.74. The van der Waals surface area contributed by atoms with Crippen LogP contribution in [0.1, 0.15) is 10.4 Å². The number of imide groups is 1. The number of hydrogen-bond donors (Lipinski definition) is 2. The predicted molar refractivity (Wildman–Crippen MR) is 66.9 cm³/mol. The van der Waals surface area contributed by atoms with Crippen molar-refractivity contribution < 1.29 is 14.4 Å². The highest BCUT2D eigenvalue weighted by atomic mass is 127. The molecule has 0 spiro atoms. The summed E-state index contributed by atoms with van der Waals surface area (Å²) in [6.07, 6.45) is 0. The summed E-state index contributed by atoms with van der Waals surface area (Å²) in [5.41, 5.74) is 2.78. The van der Waals surface area contributed by atoms with Crippen molar-refractivity contribution in [2.24, 2.45) is 0 Å². The van der Waals surface area contributed by atoms with E-state index in [1.54, 1.807) is 24.3 Å². The molecule has 4 amide bonds. The molecule has 1 aliphatic heterocycles. The Balaban J connectivity index is 2.04. The van der Waals surface area contributed by atoms with Crippen molar-refractivity contribution in [1.82, 2.24) is 15.8 Å². The Hall–Kier alpha value is -1.64. The Labute approximate surface area is 110 Å². The maximum absolute atomic E-state index is 11.7.